The summed E-state index contributed by atoms with van der Waals surface area (Å²) in [6.45, 7) is 2.68. The van der Waals surface area contributed by atoms with Crippen molar-refractivity contribution in [1.82, 2.24) is 4.31 Å². The smallest absolute Gasteiger partial charge is 0.244 e. The molecule has 0 saturated carbocycles. The number of hydrogen-bond acceptors (Lipinski definition) is 4. The second-order valence-electron chi connectivity index (χ2n) is 4.48. The van der Waals surface area contributed by atoms with Gasteiger partial charge in [-0.25, -0.2) is 12.8 Å². The van der Waals surface area contributed by atoms with Gasteiger partial charge in [0.15, 0.2) is 0 Å². The lowest BCUT2D eigenvalue weighted by atomic mass is 10.2. The predicted octanol–water partition coefficient (Wildman–Crippen LogP) is 1.50. The fourth-order valence-electron chi connectivity index (χ4n) is 2.23. The zero-order chi connectivity index (χ0) is 14.8. The zero-order valence-corrected chi connectivity index (χ0v) is 11.9. The third kappa shape index (κ3) is 2.54. The largest absolute Gasteiger partial charge is 0.378 e. The van der Waals surface area contributed by atoms with E-state index in [0.29, 0.717) is 19.6 Å². The first kappa shape index (κ1) is 14.9. The van der Waals surface area contributed by atoms with E-state index in [0.717, 1.165) is 6.07 Å². The van der Waals surface area contributed by atoms with Crippen molar-refractivity contribution in [3.63, 3.8) is 0 Å². The second kappa shape index (κ2) is 5.87. The monoisotopic (exact) mass is 298 g/mol. The third-order valence-electron chi connectivity index (χ3n) is 3.32. The Bertz CT molecular complexity index is 640. The molecule has 0 aliphatic carbocycles. The van der Waals surface area contributed by atoms with E-state index in [9.17, 15) is 12.8 Å². The summed E-state index contributed by atoms with van der Waals surface area (Å²) in [5.41, 5.74) is -0.436. The van der Waals surface area contributed by atoms with Gasteiger partial charge in [-0.15, -0.1) is 0 Å². The van der Waals surface area contributed by atoms with Crippen molar-refractivity contribution < 1.29 is 17.5 Å². The normalized spacial score (nSPS) is 20.6. The van der Waals surface area contributed by atoms with Crippen molar-refractivity contribution in [2.75, 3.05) is 19.8 Å². The molecule has 0 bridgehead atoms. The molecular weight excluding hydrogens is 283 g/mol. The van der Waals surface area contributed by atoms with Crippen molar-refractivity contribution in [3.05, 3.63) is 29.6 Å². The molecule has 1 fully saturated rings. The molecular formula is C13H15FN2O3S. The van der Waals surface area contributed by atoms with Gasteiger partial charge in [-0.3, -0.25) is 0 Å². The van der Waals surface area contributed by atoms with Gasteiger partial charge in [0.25, 0.3) is 0 Å². The number of sulfonamides is 1. The summed E-state index contributed by atoms with van der Waals surface area (Å²) in [5, 5.41) is 8.99. The van der Waals surface area contributed by atoms with E-state index >= 15 is 0 Å². The van der Waals surface area contributed by atoms with Crippen molar-refractivity contribution in [2.24, 2.45) is 0 Å². The van der Waals surface area contributed by atoms with E-state index in [4.69, 9.17) is 10.00 Å². The van der Waals surface area contributed by atoms with Gasteiger partial charge in [0.1, 0.15) is 22.3 Å². The molecule has 1 aromatic rings. The Labute approximate surface area is 117 Å². The fraction of sp³-hybridized carbons (Fsp3) is 0.462. The van der Waals surface area contributed by atoms with Crippen molar-refractivity contribution >= 4 is 10.0 Å². The summed E-state index contributed by atoms with van der Waals surface area (Å²) in [5.74, 6) is -0.824. The highest BCUT2D eigenvalue weighted by atomic mass is 32.2. The van der Waals surface area contributed by atoms with Gasteiger partial charge in [0.05, 0.1) is 13.2 Å². The Balaban J connectivity index is 2.50. The summed E-state index contributed by atoms with van der Waals surface area (Å²) in [4.78, 5) is -0.277. The highest BCUT2D eigenvalue weighted by Crippen LogP contribution is 2.25. The number of halogens is 1. The SMILES string of the molecule is CCC1COCCN1S(=O)(=O)c1cccc(F)c1C#N. The molecule has 0 radical (unpaired) electrons. The second-order valence-corrected chi connectivity index (χ2v) is 6.34. The molecule has 1 aliphatic heterocycles. The molecule has 1 heterocycles. The van der Waals surface area contributed by atoms with Crippen LogP contribution < -0.4 is 0 Å². The molecule has 2 rings (SSSR count). The van der Waals surface area contributed by atoms with Crippen LogP contribution in [-0.4, -0.2) is 38.5 Å². The maximum atomic E-state index is 13.6. The van der Waals surface area contributed by atoms with Crippen LogP contribution in [0.4, 0.5) is 4.39 Å². The van der Waals surface area contributed by atoms with E-state index in [1.165, 1.54) is 16.4 Å². The van der Waals surface area contributed by atoms with Crippen LogP contribution in [0.3, 0.4) is 0 Å². The van der Waals surface area contributed by atoms with Crippen LogP contribution in [0.1, 0.15) is 18.9 Å². The van der Waals surface area contributed by atoms with E-state index in [1.807, 2.05) is 6.92 Å². The van der Waals surface area contributed by atoms with Crippen molar-refractivity contribution in [1.29, 1.82) is 5.26 Å². The minimum atomic E-state index is -3.90. The van der Waals surface area contributed by atoms with Crippen LogP contribution in [-0.2, 0) is 14.8 Å². The van der Waals surface area contributed by atoms with Crippen LogP contribution in [0.25, 0.3) is 0 Å². The van der Waals surface area contributed by atoms with Gasteiger partial charge in [0.2, 0.25) is 10.0 Å². The van der Waals surface area contributed by atoms with Crippen LogP contribution >= 0.6 is 0 Å². The summed E-state index contributed by atoms with van der Waals surface area (Å²) in [6.07, 6.45) is 0.594. The first-order valence-electron chi connectivity index (χ1n) is 6.30. The Kier molecular flexibility index (Phi) is 4.38. The fourth-order valence-corrected chi connectivity index (χ4v) is 4.05. The van der Waals surface area contributed by atoms with Crippen LogP contribution in [0.5, 0.6) is 0 Å². The summed E-state index contributed by atoms with van der Waals surface area (Å²) in [7, 11) is -3.90. The minimum absolute atomic E-state index is 0.211. The van der Waals surface area contributed by atoms with Crippen LogP contribution in [0.2, 0.25) is 0 Å². The van der Waals surface area contributed by atoms with E-state index < -0.39 is 21.4 Å². The molecule has 0 amide bonds. The molecule has 1 saturated heterocycles. The molecule has 1 unspecified atom stereocenters. The zero-order valence-electron chi connectivity index (χ0n) is 11.0. The molecule has 0 N–H and O–H groups in total. The highest BCUT2D eigenvalue weighted by Gasteiger charge is 2.35. The lowest BCUT2D eigenvalue weighted by Gasteiger charge is -2.34. The molecule has 1 atom stereocenters. The first-order valence-corrected chi connectivity index (χ1v) is 7.74. The molecule has 1 aliphatic rings. The number of nitriles is 1. The van der Waals surface area contributed by atoms with Crippen molar-refractivity contribution in [3.8, 4) is 6.07 Å². The average Bonchev–Trinajstić information content (AvgIpc) is 2.46. The van der Waals surface area contributed by atoms with Gasteiger partial charge in [-0.1, -0.05) is 13.0 Å². The number of hydrogen-bond donors (Lipinski definition) is 0. The third-order valence-corrected chi connectivity index (χ3v) is 5.31. The van der Waals surface area contributed by atoms with E-state index in [-0.39, 0.29) is 17.5 Å². The summed E-state index contributed by atoms with van der Waals surface area (Å²) < 4.78 is 45.4. The van der Waals surface area contributed by atoms with Gasteiger partial charge >= 0.3 is 0 Å². The van der Waals surface area contributed by atoms with E-state index in [2.05, 4.69) is 0 Å². The van der Waals surface area contributed by atoms with Gasteiger partial charge < -0.3 is 4.74 Å². The van der Waals surface area contributed by atoms with Gasteiger partial charge in [0, 0.05) is 12.6 Å². The number of morpholine rings is 1. The molecule has 7 heteroatoms. The lowest BCUT2D eigenvalue weighted by molar-refractivity contribution is 0.0314. The molecule has 108 valence electrons. The van der Waals surface area contributed by atoms with Gasteiger partial charge in [-0.05, 0) is 18.6 Å². The van der Waals surface area contributed by atoms with Crippen molar-refractivity contribution in [2.45, 2.75) is 24.3 Å². The first-order chi connectivity index (χ1) is 9.52. The molecule has 20 heavy (non-hydrogen) atoms. The molecule has 1 aromatic carbocycles. The standard InChI is InChI=1S/C13H15FN2O3S/c1-2-10-9-19-7-6-16(10)20(17,18)13-5-3-4-12(14)11(13)8-15/h3-5,10H,2,6-7,9H2,1H3. The topological polar surface area (TPSA) is 70.4 Å². The average molecular weight is 298 g/mol. The number of rotatable bonds is 3. The Morgan fingerprint density at radius 1 is 1.55 bits per heavy atom. The van der Waals surface area contributed by atoms with Crippen LogP contribution in [0.15, 0.2) is 23.1 Å². The highest BCUT2D eigenvalue weighted by molar-refractivity contribution is 7.89. The van der Waals surface area contributed by atoms with Gasteiger partial charge in [-0.2, -0.15) is 9.57 Å². The van der Waals surface area contributed by atoms with E-state index in [1.54, 1.807) is 6.07 Å². The number of nitrogens with zero attached hydrogens (tertiary/aromatic N) is 2. The Hall–Kier alpha value is -1.49. The van der Waals surface area contributed by atoms with Crippen LogP contribution in [0, 0.1) is 17.1 Å². The predicted molar refractivity (Wildman–Crippen MR) is 69.9 cm³/mol. The number of ether oxygens (including phenoxy) is 1. The quantitative estimate of drug-likeness (QED) is 0.848. The Morgan fingerprint density at radius 2 is 2.30 bits per heavy atom. The minimum Gasteiger partial charge on any atom is -0.378 e. The lowest BCUT2D eigenvalue weighted by Crippen LogP contribution is -2.48. The number of benzene rings is 1. The summed E-state index contributed by atoms with van der Waals surface area (Å²) in [6, 6.07) is 4.98. The molecule has 5 nitrogen and oxygen atoms in total. The Morgan fingerprint density at radius 3 is 2.95 bits per heavy atom. The maximum absolute atomic E-state index is 13.6. The maximum Gasteiger partial charge on any atom is 0.244 e. The molecule has 0 spiro atoms. The summed E-state index contributed by atoms with van der Waals surface area (Å²) >= 11 is 0. The molecule has 0 aromatic heterocycles.